The topological polar surface area (TPSA) is 68.0 Å². The third-order valence-corrected chi connectivity index (χ3v) is 4.32. The van der Waals surface area contributed by atoms with Gasteiger partial charge in [0, 0.05) is 6.20 Å². The average molecular weight is 326 g/mol. The fourth-order valence-electron chi connectivity index (χ4n) is 1.77. The van der Waals surface area contributed by atoms with Gasteiger partial charge in [-0.25, -0.2) is 4.98 Å². The van der Waals surface area contributed by atoms with Gasteiger partial charge in [0.15, 0.2) is 5.13 Å². The zero-order chi connectivity index (χ0) is 14.5. The van der Waals surface area contributed by atoms with Crippen LogP contribution in [-0.4, -0.2) is 16.9 Å². The van der Waals surface area contributed by atoms with Gasteiger partial charge in [0.2, 0.25) is 5.91 Å². The quantitative estimate of drug-likeness (QED) is 0.883. The van der Waals surface area contributed by atoms with Crippen LogP contribution < -0.4 is 11.1 Å². The third kappa shape index (κ3) is 4.52. The molecule has 1 aromatic carbocycles. The monoisotopic (exact) mass is 325 g/mol. The van der Waals surface area contributed by atoms with E-state index < -0.39 is 6.04 Å². The highest BCUT2D eigenvalue weighted by molar-refractivity contribution is 7.19. The molecule has 0 aliphatic heterocycles. The standard InChI is InChI=1S/C15H19N3OS.ClH/c1-3-10(2)13(16)14(19)18-15-17-9-12(20-15)11-7-5-4-6-8-11;/h4-10,13H,3,16H2,1-2H3,(H,17,18,19);1H. The van der Waals surface area contributed by atoms with Crippen molar-refractivity contribution in [2.45, 2.75) is 26.3 Å². The Kier molecular flexibility index (Phi) is 6.81. The number of rotatable bonds is 5. The van der Waals surface area contributed by atoms with Crippen molar-refractivity contribution in [2.75, 3.05) is 5.32 Å². The lowest BCUT2D eigenvalue weighted by Gasteiger charge is -2.16. The van der Waals surface area contributed by atoms with E-state index in [1.807, 2.05) is 44.2 Å². The summed E-state index contributed by atoms with van der Waals surface area (Å²) in [6, 6.07) is 9.47. The van der Waals surface area contributed by atoms with Crippen molar-refractivity contribution in [2.24, 2.45) is 11.7 Å². The highest BCUT2D eigenvalue weighted by atomic mass is 35.5. The number of halogens is 1. The number of carbonyl (C=O) groups is 1. The van der Waals surface area contributed by atoms with Gasteiger partial charge in [-0.3, -0.25) is 4.79 Å². The van der Waals surface area contributed by atoms with E-state index in [1.165, 1.54) is 11.3 Å². The molecule has 3 N–H and O–H groups in total. The van der Waals surface area contributed by atoms with Crippen LogP contribution in [0.4, 0.5) is 5.13 Å². The molecular weight excluding hydrogens is 306 g/mol. The summed E-state index contributed by atoms with van der Waals surface area (Å²) in [4.78, 5) is 17.2. The molecule has 114 valence electrons. The molecule has 0 saturated heterocycles. The first kappa shape index (κ1) is 17.6. The van der Waals surface area contributed by atoms with Crippen LogP contribution in [0, 0.1) is 5.92 Å². The summed E-state index contributed by atoms with van der Waals surface area (Å²) < 4.78 is 0. The SMILES string of the molecule is CCC(C)C(N)C(=O)Nc1ncc(-c2ccccc2)s1.Cl. The number of nitrogens with zero attached hydrogens (tertiary/aromatic N) is 1. The molecule has 2 unspecified atom stereocenters. The van der Waals surface area contributed by atoms with Crippen LogP contribution in [0.25, 0.3) is 10.4 Å². The summed E-state index contributed by atoms with van der Waals surface area (Å²) in [6.45, 7) is 4.00. The number of hydrogen-bond donors (Lipinski definition) is 2. The number of aromatic nitrogens is 1. The fraction of sp³-hybridized carbons (Fsp3) is 0.333. The molecule has 0 radical (unpaired) electrons. The van der Waals surface area contributed by atoms with E-state index in [4.69, 9.17) is 5.73 Å². The van der Waals surface area contributed by atoms with E-state index >= 15 is 0 Å². The number of carbonyl (C=O) groups excluding carboxylic acids is 1. The van der Waals surface area contributed by atoms with Crippen LogP contribution in [0.2, 0.25) is 0 Å². The normalized spacial score (nSPS) is 13.1. The van der Waals surface area contributed by atoms with Crippen LogP contribution in [-0.2, 0) is 4.79 Å². The Hall–Kier alpha value is -1.43. The molecule has 0 bridgehead atoms. The van der Waals surface area contributed by atoms with Gasteiger partial charge in [0.05, 0.1) is 10.9 Å². The largest absolute Gasteiger partial charge is 0.320 e. The van der Waals surface area contributed by atoms with E-state index in [1.54, 1.807) is 6.20 Å². The van der Waals surface area contributed by atoms with Gasteiger partial charge in [-0.05, 0) is 11.5 Å². The number of anilines is 1. The third-order valence-electron chi connectivity index (χ3n) is 3.35. The number of hydrogen-bond acceptors (Lipinski definition) is 4. The summed E-state index contributed by atoms with van der Waals surface area (Å²) >= 11 is 1.45. The molecule has 1 amide bonds. The second kappa shape index (κ2) is 8.12. The molecular formula is C15H20ClN3OS. The van der Waals surface area contributed by atoms with Crippen molar-refractivity contribution in [3.63, 3.8) is 0 Å². The first-order valence-electron chi connectivity index (χ1n) is 6.69. The number of nitrogens with one attached hydrogen (secondary N) is 1. The minimum absolute atomic E-state index is 0. The van der Waals surface area contributed by atoms with Gasteiger partial charge in [0.25, 0.3) is 0 Å². The zero-order valence-corrected chi connectivity index (χ0v) is 13.7. The van der Waals surface area contributed by atoms with E-state index in [9.17, 15) is 4.79 Å². The number of benzene rings is 1. The van der Waals surface area contributed by atoms with Gasteiger partial charge >= 0.3 is 0 Å². The molecule has 0 fully saturated rings. The summed E-state index contributed by atoms with van der Waals surface area (Å²) in [6.07, 6.45) is 2.64. The number of nitrogens with two attached hydrogens (primary N) is 1. The van der Waals surface area contributed by atoms with Crippen molar-refractivity contribution in [3.05, 3.63) is 36.5 Å². The van der Waals surface area contributed by atoms with E-state index in [0.717, 1.165) is 16.9 Å². The minimum atomic E-state index is -0.496. The van der Waals surface area contributed by atoms with Crippen LogP contribution in [0.3, 0.4) is 0 Å². The Morgan fingerprint density at radius 1 is 1.38 bits per heavy atom. The molecule has 0 aliphatic carbocycles. The molecule has 2 atom stereocenters. The van der Waals surface area contributed by atoms with E-state index in [0.29, 0.717) is 5.13 Å². The minimum Gasteiger partial charge on any atom is -0.320 e. The van der Waals surface area contributed by atoms with Crippen molar-refractivity contribution in [1.82, 2.24) is 4.98 Å². The smallest absolute Gasteiger partial charge is 0.243 e. The second-order valence-corrected chi connectivity index (χ2v) is 5.83. The zero-order valence-electron chi connectivity index (χ0n) is 12.1. The lowest BCUT2D eigenvalue weighted by molar-refractivity contribution is -0.118. The second-order valence-electron chi connectivity index (χ2n) is 4.80. The summed E-state index contributed by atoms with van der Waals surface area (Å²) in [5.41, 5.74) is 7.00. The van der Waals surface area contributed by atoms with Gasteiger partial charge in [0.1, 0.15) is 0 Å². The van der Waals surface area contributed by atoms with Crippen LogP contribution in [0.5, 0.6) is 0 Å². The molecule has 0 saturated carbocycles. The summed E-state index contributed by atoms with van der Waals surface area (Å²) in [5.74, 6) is -0.0168. The average Bonchev–Trinajstić information content (AvgIpc) is 2.95. The molecule has 1 heterocycles. The molecule has 1 aromatic heterocycles. The number of thiazole rings is 1. The van der Waals surface area contributed by atoms with E-state index in [-0.39, 0.29) is 24.2 Å². The Bertz CT molecular complexity index is 573. The lowest BCUT2D eigenvalue weighted by Crippen LogP contribution is -2.40. The maximum Gasteiger partial charge on any atom is 0.243 e. The van der Waals surface area contributed by atoms with E-state index in [2.05, 4.69) is 10.3 Å². The van der Waals surface area contributed by atoms with Gasteiger partial charge in [-0.15, -0.1) is 12.4 Å². The van der Waals surface area contributed by atoms with Gasteiger partial charge in [-0.2, -0.15) is 0 Å². The highest BCUT2D eigenvalue weighted by Gasteiger charge is 2.20. The lowest BCUT2D eigenvalue weighted by atomic mass is 10.00. The predicted octanol–water partition coefficient (Wildman–Crippen LogP) is 3.54. The first-order valence-corrected chi connectivity index (χ1v) is 7.51. The highest BCUT2D eigenvalue weighted by Crippen LogP contribution is 2.28. The maximum atomic E-state index is 12.0. The molecule has 0 aliphatic rings. The Labute approximate surface area is 135 Å². The molecule has 4 nitrogen and oxygen atoms in total. The van der Waals surface area contributed by atoms with Crippen molar-refractivity contribution >= 4 is 34.8 Å². The predicted molar refractivity (Wildman–Crippen MR) is 90.9 cm³/mol. The molecule has 2 aromatic rings. The Morgan fingerprint density at radius 2 is 2.05 bits per heavy atom. The van der Waals surface area contributed by atoms with Crippen LogP contribution in [0.15, 0.2) is 36.5 Å². The Balaban J connectivity index is 0.00000220. The van der Waals surface area contributed by atoms with Crippen LogP contribution in [0.1, 0.15) is 20.3 Å². The summed E-state index contributed by atoms with van der Waals surface area (Å²) in [7, 11) is 0. The van der Waals surface area contributed by atoms with Crippen molar-refractivity contribution in [1.29, 1.82) is 0 Å². The Morgan fingerprint density at radius 3 is 2.67 bits per heavy atom. The fourth-order valence-corrected chi connectivity index (χ4v) is 2.59. The molecule has 21 heavy (non-hydrogen) atoms. The molecule has 6 heteroatoms. The van der Waals surface area contributed by atoms with Gasteiger partial charge in [-0.1, -0.05) is 61.9 Å². The van der Waals surface area contributed by atoms with Crippen molar-refractivity contribution in [3.8, 4) is 10.4 Å². The molecule has 2 rings (SSSR count). The van der Waals surface area contributed by atoms with Crippen LogP contribution >= 0.6 is 23.7 Å². The molecule has 0 spiro atoms. The summed E-state index contributed by atoms with van der Waals surface area (Å²) in [5, 5.41) is 3.38. The first-order chi connectivity index (χ1) is 9.61. The van der Waals surface area contributed by atoms with Crippen molar-refractivity contribution < 1.29 is 4.79 Å². The number of amides is 1. The maximum absolute atomic E-state index is 12.0. The van der Waals surface area contributed by atoms with Gasteiger partial charge < -0.3 is 11.1 Å².